The Morgan fingerprint density at radius 3 is 0.752 bits per heavy atom. The maximum Gasteiger partial charge on any atom is 0.344 e. The molecule has 8 aromatic rings. The van der Waals surface area contributed by atoms with Gasteiger partial charge in [-0.1, -0.05) is 48.5 Å². The van der Waals surface area contributed by atoms with Crippen LogP contribution in [0.1, 0.15) is 64.3 Å². The predicted molar refractivity (Wildman–Crippen MR) is 541 cm³/mol. The minimum atomic E-state index is -3.47. The van der Waals surface area contributed by atoms with E-state index in [-0.39, 0.29) is 59.3 Å². The van der Waals surface area contributed by atoms with E-state index in [0.717, 1.165) is 169 Å². The van der Waals surface area contributed by atoms with E-state index >= 15 is 0 Å². The topological polar surface area (TPSA) is 470 Å². The maximum absolute atomic E-state index is 12.8. The second-order valence-electron chi connectivity index (χ2n) is 37.5. The summed E-state index contributed by atoms with van der Waals surface area (Å²) in [5, 5.41) is 16.2. The largest absolute Gasteiger partial charge is 0.369 e. The molecule has 4 aromatic heterocycles. The van der Waals surface area contributed by atoms with Crippen molar-refractivity contribution in [2.24, 2.45) is 5.73 Å². The van der Waals surface area contributed by atoms with Crippen LogP contribution in [0.25, 0.3) is 0 Å². The summed E-state index contributed by atoms with van der Waals surface area (Å²) < 4.78 is 130. The van der Waals surface area contributed by atoms with Gasteiger partial charge in [0.2, 0.25) is 56.0 Å². The number of aromatic nitrogens is 8. The zero-order valence-electron chi connectivity index (χ0n) is 81.9. The van der Waals surface area contributed by atoms with Gasteiger partial charge >= 0.3 is 30.2 Å². The number of carbonyl (C=O) groups is 6. The number of benzene rings is 4. The van der Waals surface area contributed by atoms with Gasteiger partial charge in [0, 0.05) is 320 Å². The van der Waals surface area contributed by atoms with E-state index < -0.39 is 50.1 Å². The van der Waals surface area contributed by atoms with E-state index in [2.05, 4.69) is 184 Å². The smallest absolute Gasteiger partial charge is 0.344 e. The Kier molecular flexibility index (Phi) is 34.0. The number of nitrogens with two attached hydrogens (primary N) is 1. The third kappa shape index (κ3) is 30.0. The van der Waals surface area contributed by atoms with E-state index in [1.807, 2.05) is 4.90 Å². The molecule has 0 spiro atoms. The Morgan fingerprint density at radius 2 is 0.532 bits per heavy atom. The zero-order valence-corrected chi connectivity index (χ0v) is 86.0. The Balaban J connectivity index is 0.000000150. The van der Waals surface area contributed by atoms with Crippen LogP contribution >= 0.6 is 0 Å². The van der Waals surface area contributed by atoms with Gasteiger partial charge in [-0.15, -0.1) is 20.4 Å². The molecule has 0 radical (unpaired) electrons. The lowest BCUT2D eigenvalue weighted by molar-refractivity contribution is -0.129. The van der Waals surface area contributed by atoms with Crippen molar-refractivity contribution in [2.45, 2.75) is 79.7 Å². The second kappa shape index (κ2) is 45.7. The number of aryl methyl sites for hydroxylation is 4. The molecule has 1 aliphatic carbocycles. The fraction of sp³-hybridized carbons (Fsp3) is 0.538. The number of urea groups is 1. The van der Waals surface area contributed by atoms with Crippen molar-refractivity contribution in [3.63, 3.8) is 0 Å². The van der Waals surface area contributed by atoms with Gasteiger partial charge < -0.3 is 54.7 Å². The zero-order chi connectivity index (χ0) is 101. The highest BCUT2D eigenvalue weighted by atomic mass is 32.2. The third-order valence-corrected chi connectivity index (χ3v) is 29.8. The summed E-state index contributed by atoms with van der Waals surface area (Å²) in [4.78, 5) is 106. The molecular formula is C91H133N29O16S5. The van der Waals surface area contributed by atoms with Crippen LogP contribution in [0.2, 0.25) is 0 Å². The van der Waals surface area contributed by atoms with Crippen LogP contribution in [0, 0.1) is 27.7 Å². The highest BCUT2D eigenvalue weighted by Gasteiger charge is 2.36. The molecule has 9 aliphatic rings. The first-order valence-electron chi connectivity index (χ1n) is 47.4. The summed E-state index contributed by atoms with van der Waals surface area (Å²) in [6, 6.07) is 31.4. The first-order valence-corrected chi connectivity index (χ1v) is 56.8. The molecule has 0 atom stereocenters. The SMILES string of the molecule is CC(=O)N1CCN(c2cc(C)ccc2CN2CCN(C(=O)n3ccc(NS(C)(=O)=O)n3)CC2)CC1.Cc1ccc(CN2CCN(C(=O)n3ccc(NS(C)(=O)=O)n3)CC2)c(N2CCN(C(N)=O)CC2)c1.Cc1ccc(CN2CCN(C(=O)n3ccc(NS(C)(=O)=O)n3)CC2)c(N2CCN(C3CC3)CC2)c1.Cc1ccc(CN2CCN(C(=O)n3ccc(NS(C)(=O)=O)n3)CC2)c(N2CCN(S(C)(=O)=O)CC2)c1. The summed E-state index contributed by atoms with van der Waals surface area (Å²) >= 11 is 0. The van der Waals surface area contributed by atoms with Crippen LogP contribution in [0.5, 0.6) is 0 Å². The van der Waals surface area contributed by atoms with Crippen LogP contribution in [-0.4, -0.2) is 422 Å². The third-order valence-electron chi connectivity index (χ3n) is 26.2. The maximum atomic E-state index is 12.8. The van der Waals surface area contributed by atoms with E-state index in [1.165, 1.54) is 138 Å². The lowest BCUT2D eigenvalue weighted by Gasteiger charge is -2.38. The number of amides is 7. The molecular weight excluding hydrogens is 1920 g/mol. The number of nitrogens with one attached hydrogen (secondary N) is 4. The van der Waals surface area contributed by atoms with E-state index in [4.69, 9.17) is 5.73 Å². The van der Waals surface area contributed by atoms with E-state index in [0.29, 0.717) is 118 Å². The van der Waals surface area contributed by atoms with Gasteiger partial charge in [0.05, 0.1) is 31.3 Å². The van der Waals surface area contributed by atoms with Gasteiger partial charge in [0.15, 0.2) is 23.3 Å². The van der Waals surface area contributed by atoms with Crippen LogP contribution in [0.4, 0.5) is 70.0 Å². The van der Waals surface area contributed by atoms with Crippen molar-refractivity contribution < 1.29 is 70.9 Å². The Bertz CT molecular complexity index is 6170. The van der Waals surface area contributed by atoms with Gasteiger partial charge in [-0.25, -0.2) is 66.1 Å². The molecule has 1 saturated carbocycles. The average Bonchev–Trinajstić information content (AvgIpc) is 1.71. The summed E-state index contributed by atoms with van der Waals surface area (Å²) in [6.07, 6.45) is 14.0. The Morgan fingerprint density at radius 1 is 0.305 bits per heavy atom. The van der Waals surface area contributed by atoms with E-state index in [9.17, 15) is 70.9 Å². The normalized spacial score (nSPS) is 18.4. The van der Waals surface area contributed by atoms with Crippen molar-refractivity contribution in [3.8, 4) is 0 Å². The first kappa shape index (κ1) is 105. The standard InChI is InChI=1S/C24H35N7O3S.C23H33N7O4S.C22H32N8O4S.C22H33N7O5S2/c1-19-3-4-20(22(17-19)29-15-13-28(14-16-29)21-5-6-21)18-27-9-11-30(12-10-27)24(32)31-8-7-23(25-31)26-35(2,33)34;1-18-4-5-20(21(16-18)28-14-12-27(13-15-28)19(2)31)17-26-8-10-29(11-9-26)23(32)30-7-6-22(24-30)25-35(3,33)34;1-17-3-4-18(19(15-17)27-11-13-28(14-12-27)21(23)31)16-26-7-9-29(10-8-26)22(32)30-6-5-20(24-30)25-35(2,33)34;1-18-4-5-19(20(16-18)26-12-14-28(15-13-26)36(3,33)34)17-25-8-10-27(11-9-25)22(30)29-7-6-21(23-29)24-35(2,31)32/h3-4,7-8,17,21H,5-6,9-16,18H2,1-2H3,(H,25,26);4-7,16H,8-15,17H2,1-3H3,(H,24,25);3-6,15H,7-14,16H2,1-2H3,(H2,23,31)(H,24,25);4-7,16H,8-15,17H2,1-3H3,(H,23,24). The van der Waals surface area contributed by atoms with Crippen molar-refractivity contribution in [1.29, 1.82) is 0 Å². The fourth-order valence-electron chi connectivity index (χ4n) is 18.5. The monoisotopic (exact) mass is 2050 g/mol. The molecule has 768 valence electrons. The number of sulfonamides is 5. The summed E-state index contributed by atoms with van der Waals surface area (Å²) in [6.45, 7) is 35.9. The molecule has 8 saturated heterocycles. The number of rotatable bonds is 22. The molecule has 9 fully saturated rings. The minimum Gasteiger partial charge on any atom is -0.369 e. The summed E-state index contributed by atoms with van der Waals surface area (Å²) in [5.41, 5.74) is 20.1. The molecule has 7 amide bonds. The number of anilines is 8. The highest BCUT2D eigenvalue weighted by molar-refractivity contribution is 7.92. The molecule has 17 rings (SSSR count). The van der Waals surface area contributed by atoms with Crippen LogP contribution in [-0.2, 0) is 81.1 Å². The molecule has 141 heavy (non-hydrogen) atoms. The first-order chi connectivity index (χ1) is 66.8. The lowest BCUT2D eigenvalue weighted by atomic mass is 10.1. The van der Waals surface area contributed by atoms with E-state index in [1.54, 1.807) is 31.4 Å². The number of carbonyl (C=O) groups excluding carboxylic acids is 6. The minimum absolute atomic E-state index is 0.105. The van der Waals surface area contributed by atoms with Gasteiger partial charge in [-0.3, -0.25) is 48.2 Å². The molecule has 0 bridgehead atoms. The van der Waals surface area contributed by atoms with Crippen molar-refractivity contribution in [3.05, 3.63) is 166 Å². The average molecular weight is 2050 g/mol. The van der Waals surface area contributed by atoms with Gasteiger partial charge in [0.1, 0.15) is 0 Å². The van der Waals surface area contributed by atoms with Crippen LogP contribution in [0.3, 0.4) is 0 Å². The van der Waals surface area contributed by atoms with Gasteiger partial charge in [-0.2, -0.15) is 23.0 Å². The number of piperazine rings is 8. The molecule has 50 heteroatoms. The van der Waals surface area contributed by atoms with Crippen molar-refractivity contribution >= 4 is 132 Å². The Labute approximate surface area is 826 Å². The lowest BCUT2D eigenvalue weighted by Crippen LogP contribution is -2.51. The number of hydrogen-bond acceptors (Lipinski definition) is 29. The quantitative estimate of drug-likeness (QED) is 0.0646. The second-order valence-corrected chi connectivity index (χ2v) is 46.5. The van der Waals surface area contributed by atoms with Crippen LogP contribution in [0.15, 0.2) is 122 Å². The molecule has 0 unspecified atom stereocenters. The molecule has 4 aromatic carbocycles. The number of primary amides is 1. The molecule has 12 heterocycles. The summed E-state index contributed by atoms with van der Waals surface area (Å²) in [7, 11) is -17.0. The van der Waals surface area contributed by atoms with Crippen molar-refractivity contribution in [2.75, 3.05) is 279 Å². The van der Waals surface area contributed by atoms with Crippen molar-refractivity contribution in [1.82, 2.24) is 97.3 Å². The molecule has 45 nitrogen and oxygen atoms in total. The van der Waals surface area contributed by atoms with Crippen LogP contribution < -0.4 is 44.2 Å². The molecule has 6 N–H and O–H groups in total. The highest BCUT2D eigenvalue weighted by Crippen LogP contribution is 2.34. The number of hydrogen-bond donors (Lipinski definition) is 5. The fourth-order valence-corrected chi connectivity index (χ4v) is 21.3. The molecule has 8 aliphatic heterocycles. The predicted octanol–water partition coefficient (Wildman–Crippen LogP) is 3.63. The van der Waals surface area contributed by atoms with Gasteiger partial charge in [-0.05, 0) is 109 Å². The Hall–Kier alpha value is -11.8. The number of nitrogens with zero attached hydrogens (tertiary/aromatic N) is 24. The van der Waals surface area contributed by atoms with Gasteiger partial charge in [0.25, 0.3) is 0 Å². The summed E-state index contributed by atoms with van der Waals surface area (Å²) in [5.74, 6) is 0.608.